The van der Waals surface area contributed by atoms with E-state index in [4.69, 9.17) is 0 Å². The number of rotatable bonds is 8. The van der Waals surface area contributed by atoms with Gasteiger partial charge in [0.2, 0.25) is 0 Å². The van der Waals surface area contributed by atoms with Crippen LogP contribution < -0.4 is 5.32 Å². The second-order valence-corrected chi connectivity index (χ2v) is 5.30. The zero-order valence-electron chi connectivity index (χ0n) is 10.1. The van der Waals surface area contributed by atoms with Crippen molar-refractivity contribution in [1.82, 2.24) is 15.3 Å². The number of aromatic nitrogens is 2. The molecule has 0 aliphatic heterocycles. The summed E-state index contributed by atoms with van der Waals surface area (Å²) in [5.74, 6) is 1.88. The molecule has 4 heteroatoms. The molecule has 90 valence electrons. The second-order valence-electron chi connectivity index (χ2n) is 4.18. The molecular formula is C12H21N3S. The van der Waals surface area contributed by atoms with E-state index in [-0.39, 0.29) is 0 Å². The molecule has 0 aromatic carbocycles. The minimum atomic E-state index is 0.817. The third-order valence-corrected chi connectivity index (χ3v) is 3.16. The molecule has 0 aliphatic rings. The van der Waals surface area contributed by atoms with Crippen LogP contribution in [-0.4, -0.2) is 28.8 Å². The van der Waals surface area contributed by atoms with Gasteiger partial charge in [0.05, 0.1) is 5.03 Å². The molecule has 16 heavy (non-hydrogen) atoms. The van der Waals surface area contributed by atoms with Gasteiger partial charge in [-0.15, -0.1) is 11.8 Å². The van der Waals surface area contributed by atoms with Crippen LogP contribution >= 0.6 is 11.8 Å². The molecule has 0 amide bonds. The maximum Gasteiger partial charge on any atom is 0.116 e. The van der Waals surface area contributed by atoms with Gasteiger partial charge in [-0.05, 0) is 31.4 Å². The highest BCUT2D eigenvalue weighted by atomic mass is 32.2. The van der Waals surface area contributed by atoms with Gasteiger partial charge in [0.25, 0.3) is 0 Å². The Kier molecular flexibility index (Phi) is 7.17. The lowest BCUT2D eigenvalue weighted by molar-refractivity contribution is 0.534. The topological polar surface area (TPSA) is 37.8 Å². The van der Waals surface area contributed by atoms with Crippen LogP contribution in [0.3, 0.4) is 0 Å². The van der Waals surface area contributed by atoms with Gasteiger partial charge < -0.3 is 5.32 Å². The maximum absolute atomic E-state index is 4.16. The van der Waals surface area contributed by atoms with Crippen LogP contribution in [0.1, 0.15) is 26.7 Å². The Labute approximate surface area is 102 Å². The van der Waals surface area contributed by atoms with Gasteiger partial charge in [0.15, 0.2) is 0 Å². The molecule has 1 aromatic rings. The van der Waals surface area contributed by atoms with Crippen molar-refractivity contribution in [1.29, 1.82) is 0 Å². The fourth-order valence-electron chi connectivity index (χ4n) is 1.35. The second kappa shape index (κ2) is 8.53. The fourth-order valence-corrected chi connectivity index (χ4v) is 2.09. The average Bonchev–Trinajstić information content (AvgIpc) is 2.29. The third kappa shape index (κ3) is 6.80. The molecule has 0 radical (unpaired) electrons. The molecule has 3 nitrogen and oxygen atoms in total. The SMILES string of the molecule is CC(C)CCCNCCSc1ccncn1. The van der Waals surface area contributed by atoms with Gasteiger partial charge in [0, 0.05) is 18.5 Å². The Morgan fingerprint density at radius 1 is 1.38 bits per heavy atom. The van der Waals surface area contributed by atoms with Crippen LogP contribution in [0.5, 0.6) is 0 Å². The van der Waals surface area contributed by atoms with Gasteiger partial charge in [-0.25, -0.2) is 9.97 Å². The number of hydrogen-bond donors (Lipinski definition) is 1. The summed E-state index contributed by atoms with van der Waals surface area (Å²) < 4.78 is 0. The predicted octanol–water partition coefficient (Wildman–Crippen LogP) is 2.59. The van der Waals surface area contributed by atoms with E-state index < -0.39 is 0 Å². The molecule has 0 atom stereocenters. The summed E-state index contributed by atoms with van der Waals surface area (Å²) >= 11 is 1.77. The zero-order chi connectivity index (χ0) is 11.6. The molecule has 0 saturated carbocycles. The summed E-state index contributed by atoms with van der Waals surface area (Å²) in [5, 5.41) is 4.50. The first kappa shape index (κ1) is 13.5. The Bertz CT molecular complexity index is 264. The summed E-state index contributed by atoms with van der Waals surface area (Å²) in [6, 6.07) is 1.95. The molecule has 1 N–H and O–H groups in total. The first-order chi connectivity index (χ1) is 7.79. The fraction of sp³-hybridized carbons (Fsp3) is 0.667. The third-order valence-electron chi connectivity index (χ3n) is 2.22. The Hall–Kier alpha value is -0.610. The molecule has 1 heterocycles. The van der Waals surface area contributed by atoms with Gasteiger partial charge in [0.1, 0.15) is 6.33 Å². The van der Waals surface area contributed by atoms with E-state index in [0.29, 0.717) is 0 Å². The first-order valence-electron chi connectivity index (χ1n) is 5.88. The van der Waals surface area contributed by atoms with E-state index in [9.17, 15) is 0 Å². The minimum Gasteiger partial charge on any atom is -0.316 e. The van der Waals surface area contributed by atoms with Crippen LogP contribution in [0.2, 0.25) is 0 Å². The van der Waals surface area contributed by atoms with Crippen LogP contribution in [0.4, 0.5) is 0 Å². The van der Waals surface area contributed by atoms with Gasteiger partial charge >= 0.3 is 0 Å². The predicted molar refractivity (Wildman–Crippen MR) is 69.7 cm³/mol. The Morgan fingerprint density at radius 3 is 2.94 bits per heavy atom. The molecule has 0 unspecified atom stereocenters. The van der Waals surface area contributed by atoms with Gasteiger partial charge in [-0.3, -0.25) is 0 Å². The lowest BCUT2D eigenvalue weighted by atomic mass is 10.1. The van der Waals surface area contributed by atoms with Gasteiger partial charge in [-0.1, -0.05) is 13.8 Å². The minimum absolute atomic E-state index is 0.817. The Balaban J connectivity index is 1.93. The molecule has 0 spiro atoms. The number of nitrogens with zero attached hydrogens (tertiary/aromatic N) is 2. The van der Waals surface area contributed by atoms with Crippen molar-refractivity contribution >= 4 is 11.8 Å². The molecule has 1 aromatic heterocycles. The lowest BCUT2D eigenvalue weighted by Crippen LogP contribution is -2.18. The Morgan fingerprint density at radius 2 is 2.25 bits per heavy atom. The van der Waals surface area contributed by atoms with E-state index in [0.717, 1.165) is 29.8 Å². The van der Waals surface area contributed by atoms with Crippen LogP contribution in [-0.2, 0) is 0 Å². The first-order valence-corrected chi connectivity index (χ1v) is 6.87. The standard InChI is InChI=1S/C12H21N3S/c1-11(2)4-3-6-13-8-9-16-12-5-7-14-10-15-12/h5,7,10-11,13H,3-4,6,8-9H2,1-2H3. The molecular weight excluding hydrogens is 218 g/mol. The molecule has 0 saturated heterocycles. The normalized spacial score (nSPS) is 10.9. The van der Waals surface area contributed by atoms with Crippen LogP contribution in [0, 0.1) is 5.92 Å². The van der Waals surface area contributed by atoms with E-state index in [1.807, 2.05) is 6.07 Å². The number of hydrogen-bond acceptors (Lipinski definition) is 4. The molecule has 0 fully saturated rings. The van der Waals surface area contributed by atoms with Crippen molar-refractivity contribution in [3.8, 4) is 0 Å². The summed E-state index contributed by atoms with van der Waals surface area (Å²) in [6.45, 7) is 6.71. The van der Waals surface area contributed by atoms with Crippen molar-refractivity contribution in [3.05, 3.63) is 18.6 Å². The summed E-state index contributed by atoms with van der Waals surface area (Å²) in [6.07, 6.45) is 5.96. The maximum atomic E-state index is 4.16. The summed E-state index contributed by atoms with van der Waals surface area (Å²) in [7, 11) is 0. The van der Waals surface area contributed by atoms with E-state index in [1.54, 1.807) is 24.3 Å². The smallest absolute Gasteiger partial charge is 0.116 e. The molecule has 0 aliphatic carbocycles. The highest BCUT2D eigenvalue weighted by Gasteiger charge is 1.95. The monoisotopic (exact) mass is 239 g/mol. The number of thioether (sulfide) groups is 1. The van der Waals surface area contributed by atoms with Crippen molar-refractivity contribution < 1.29 is 0 Å². The van der Waals surface area contributed by atoms with E-state index in [2.05, 4.69) is 29.1 Å². The van der Waals surface area contributed by atoms with Crippen molar-refractivity contribution in [2.24, 2.45) is 5.92 Å². The summed E-state index contributed by atoms with van der Waals surface area (Å²) in [4.78, 5) is 8.05. The largest absolute Gasteiger partial charge is 0.316 e. The quantitative estimate of drug-likeness (QED) is 0.430. The van der Waals surface area contributed by atoms with Crippen molar-refractivity contribution in [2.75, 3.05) is 18.8 Å². The van der Waals surface area contributed by atoms with Gasteiger partial charge in [-0.2, -0.15) is 0 Å². The van der Waals surface area contributed by atoms with Crippen molar-refractivity contribution in [3.63, 3.8) is 0 Å². The van der Waals surface area contributed by atoms with E-state index in [1.165, 1.54) is 12.8 Å². The number of nitrogens with one attached hydrogen (secondary N) is 1. The van der Waals surface area contributed by atoms with Crippen LogP contribution in [0.15, 0.2) is 23.6 Å². The zero-order valence-corrected chi connectivity index (χ0v) is 11.0. The molecule has 1 rings (SSSR count). The summed E-state index contributed by atoms with van der Waals surface area (Å²) in [5.41, 5.74) is 0. The van der Waals surface area contributed by atoms with Crippen LogP contribution in [0.25, 0.3) is 0 Å². The van der Waals surface area contributed by atoms with Crippen molar-refractivity contribution in [2.45, 2.75) is 31.7 Å². The van der Waals surface area contributed by atoms with E-state index >= 15 is 0 Å². The highest BCUT2D eigenvalue weighted by molar-refractivity contribution is 7.99. The average molecular weight is 239 g/mol. The highest BCUT2D eigenvalue weighted by Crippen LogP contribution is 2.11. The lowest BCUT2D eigenvalue weighted by Gasteiger charge is -2.06. The molecule has 0 bridgehead atoms.